The van der Waals surface area contributed by atoms with Gasteiger partial charge in [0, 0.05) is 13.2 Å². The van der Waals surface area contributed by atoms with Crippen molar-refractivity contribution in [2.45, 2.75) is 19.6 Å². The maximum atomic E-state index is 11.8. The van der Waals surface area contributed by atoms with Crippen molar-refractivity contribution < 1.29 is 18.7 Å². The topological polar surface area (TPSA) is 73.5 Å². The molecule has 0 bridgehead atoms. The number of ether oxygens (including phenoxy) is 1. The standard InChI is InChI=1S/C14H16N2O4/c1-10(13(17)15-9-11-5-4-8-19-11)20-14(18)12-6-3-7-16(12)2/h3-8,10H,9H2,1-2H3,(H,15,17)/t10-/m1/s1. The van der Waals surface area contributed by atoms with E-state index in [1.54, 1.807) is 42.1 Å². The third-order valence-corrected chi connectivity index (χ3v) is 2.82. The lowest BCUT2D eigenvalue weighted by molar-refractivity contribution is -0.129. The van der Waals surface area contributed by atoms with Crippen LogP contribution in [-0.2, 0) is 23.1 Å². The predicted octanol–water partition coefficient (Wildman–Crippen LogP) is 1.48. The number of nitrogens with zero attached hydrogens (tertiary/aromatic N) is 1. The van der Waals surface area contributed by atoms with Gasteiger partial charge in [0.2, 0.25) is 0 Å². The average molecular weight is 276 g/mol. The Morgan fingerprint density at radius 1 is 1.40 bits per heavy atom. The van der Waals surface area contributed by atoms with E-state index in [2.05, 4.69) is 5.32 Å². The van der Waals surface area contributed by atoms with Crippen molar-refractivity contribution in [2.75, 3.05) is 0 Å². The second-order valence-corrected chi connectivity index (χ2v) is 4.35. The van der Waals surface area contributed by atoms with E-state index in [4.69, 9.17) is 9.15 Å². The number of carbonyl (C=O) groups excluding carboxylic acids is 2. The number of nitrogens with one attached hydrogen (secondary N) is 1. The van der Waals surface area contributed by atoms with Crippen LogP contribution in [0.2, 0.25) is 0 Å². The summed E-state index contributed by atoms with van der Waals surface area (Å²) in [5, 5.41) is 2.63. The number of hydrogen-bond acceptors (Lipinski definition) is 4. The van der Waals surface area contributed by atoms with E-state index < -0.39 is 12.1 Å². The Morgan fingerprint density at radius 3 is 2.80 bits per heavy atom. The van der Waals surface area contributed by atoms with Crippen LogP contribution in [0.5, 0.6) is 0 Å². The third kappa shape index (κ3) is 3.28. The Labute approximate surface area is 116 Å². The molecule has 0 unspecified atom stereocenters. The molecule has 2 aromatic rings. The Kier molecular flexibility index (Phi) is 4.24. The van der Waals surface area contributed by atoms with Gasteiger partial charge in [-0.2, -0.15) is 0 Å². The van der Waals surface area contributed by atoms with Crippen molar-refractivity contribution in [3.05, 3.63) is 48.2 Å². The summed E-state index contributed by atoms with van der Waals surface area (Å²) in [6.07, 6.45) is 2.39. The zero-order valence-corrected chi connectivity index (χ0v) is 11.3. The highest BCUT2D eigenvalue weighted by molar-refractivity contribution is 5.90. The molecule has 0 radical (unpaired) electrons. The zero-order chi connectivity index (χ0) is 14.5. The second kappa shape index (κ2) is 6.10. The largest absolute Gasteiger partial charge is 0.467 e. The summed E-state index contributed by atoms with van der Waals surface area (Å²) in [5.74, 6) is -0.263. The van der Waals surface area contributed by atoms with Crippen LogP contribution in [0.3, 0.4) is 0 Å². The number of aromatic nitrogens is 1. The van der Waals surface area contributed by atoms with Gasteiger partial charge in [-0.05, 0) is 31.2 Å². The Morgan fingerprint density at radius 2 is 2.20 bits per heavy atom. The van der Waals surface area contributed by atoms with Crippen molar-refractivity contribution >= 4 is 11.9 Å². The van der Waals surface area contributed by atoms with E-state index in [9.17, 15) is 9.59 Å². The SMILES string of the molecule is C[C@@H](OC(=O)c1cccn1C)C(=O)NCc1ccco1. The van der Waals surface area contributed by atoms with Gasteiger partial charge in [0.1, 0.15) is 11.5 Å². The molecule has 2 aromatic heterocycles. The molecule has 0 fully saturated rings. The van der Waals surface area contributed by atoms with E-state index >= 15 is 0 Å². The minimum atomic E-state index is -0.868. The number of aryl methyl sites for hydroxylation is 1. The quantitative estimate of drug-likeness (QED) is 0.839. The molecule has 1 N–H and O–H groups in total. The fourth-order valence-electron chi connectivity index (χ4n) is 1.68. The fourth-order valence-corrected chi connectivity index (χ4v) is 1.68. The van der Waals surface area contributed by atoms with E-state index in [1.807, 2.05) is 0 Å². The average Bonchev–Trinajstić information content (AvgIpc) is 3.06. The molecule has 0 aliphatic heterocycles. The van der Waals surface area contributed by atoms with Crippen molar-refractivity contribution in [2.24, 2.45) is 7.05 Å². The maximum Gasteiger partial charge on any atom is 0.355 e. The summed E-state index contributed by atoms with van der Waals surface area (Å²) in [6, 6.07) is 6.86. The van der Waals surface area contributed by atoms with Crippen molar-refractivity contribution in [1.29, 1.82) is 0 Å². The monoisotopic (exact) mass is 276 g/mol. The normalized spacial score (nSPS) is 11.9. The lowest BCUT2D eigenvalue weighted by atomic mass is 10.3. The summed E-state index contributed by atoms with van der Waals surface area (Å²) in [7, 11) is 1.73. The molecule has 106 valence electrons. The van der Waals surface area contributed by atoms with Gasteiger partial charge in [0.15, 0.2) is 6.10 Å². The molecule has 20 heavy (non-hydrogen) atoms. The van der Waals surface area contributed by atoms with Gasteiger partial charge in [-0.25, -0.2) is 4.79 Å². The molecule has 0 aliphatic rings. The van der Waals surface area contributed by atoms with Gasteiger partial charge >= 0.3 is 5.97 Å². The third-order valence-electron chi connectivity index (χ3n) is 2.82. The lowest BCUT2D eigenvalue weighted by Gasteiger charge is -2.13. The van der Waals surface area contributed by atoms with E-state index in [-0.39, 0.29) is 12.5 Å². The summed E-state index contributed by atoms with van der Waals surface area (Å²) in [5.41, 5.74) is 0.399. The number of furan rings is 1. The molecule has 0 saturated heterocycles. The van der Waals surface area contributed by atoms with Crippen LogP contribution in [0, 0.1) is 0 Å². The first-order valence-electron chi connectivity index (χ1n) is 6.20. The lowest BCUT2D eigenvalue weighted by Crippen LogP contribution is -2.35. The smallest absolute Gasteiger partial charge is 0.355 e. The highest BCUT2D eigenvalue weighted by atomic mass is 16.5. The van der Waals surface area contributed by atoms with Crippen LogP contribution in [0.25, 0.3) is 0 Å². The molecule has 2 heterocycles. The van der Waals surface area contributed by atoms with E-state index in [1.165, 1.54) is 13.2 Å². The van der Waals surface area contributed by atoms with E-state index in [0.717, 1.165) is 0 Å². The Balaban J connectivity index is 1.85. The zero-order valence-electron chi connectivity index (χ0n) is 11.3. The molecule has 0 spiro atoms. The summed E-state index contributed by atoms with van der Waals surface area (Å²) in [6.45, 7) is 1.79. The number of rotatable bonds is 5. The van der Waals surface area contributed by atoms with Crippen LogP contribution in [-0.4, -0.2) is 22.5 Å². The highest BCUT2D eigenvalue weighted by Gasteiger charge is 2.20. The van der Waals surface area contributed by atoms with Crippen LogP contribution in [0.1, 0.15) is 23.2 Å². The highest BCUT2D eigenvalue weighted by Crippen LogP contribution is 2.05. The molecule has 0 saturated carbocycles. The number of carbonyl (C=O) groups is 2. The molecule has 0 aromatic carbocycles. The molecule has 1 amide bonds. The first-order chi connectivity index (χ1) is 9.58. The molecular weight excluding hydrogens is 260 g/mol. The summed E-state index contributed by atoms with van der Waals surface area (Å²) in [4.78, 5) is 23.6. The van der Waals surface area contributed by atoms with Crippen molar-refractivity contribution in [3.8, 4) is 0 Å². The van der Waals surface area contributed by atoms with Gasteiger partial charge < -0.3 is 19.0 Å². The molecule has 6 nitrogen and oxygen atoms in total. The van der Waals surface area contributed by atoms with E-state index in [0.29, 0.717) is 11.5 Å². The van der Waals surface area contributed by atoms with Crippen molar-refractivity contribution in [3.63, 3.8) is 0 Å². The Hall–Kier alpha value is -2.50. The van der Waals surface area contributed by atoms with Crippen LogP contribution in [0.15, 0.2) is 41.1 Å². The van der Waals surface area contributed by atoms with Crippen LogP contribution < -0.4 is 5.32 Å². The van der Waals surface area contributed by atoms with Gasteiger partial charge in [0.25, 0.3) is 5.91 Å². The minimum absolute atomic E-state index is 0.262. The second-order valence-electron chi connectivity index (χ2n) is 4.35. The minimum Gasteiger partial charge on any atom is -0.467 e. The van der Waals surface area contributed by atoms with Crippen molar-refractivity contribution in [1.82, 2.24) is 9.88 Å². The maximum absolute atomic E-state index is 11.8. The molecule has 1 atom stereocenters. The van der Waals surface area contributed by atoms with Crippen LogP contribution >= 0.6 is 0 Å². The predicted molar refractivity (Wildman–Crippen MR) is 70.8 cm³/mol. The summed E-state index contributed by atoms with van der Waals surface area (Å²) >= 11 is 0. The number of amides is 1. The van der Waals surface area contributed by atoms with Gasteiger partial charge in [-0.3, -0.25) is 4.79 Å². The molecular formula is C14H16N2O4. The van der Waals surface area contributed by atoms with Gasteiger partial charge in [0.05, 0.1) is 12.8 Å². The van der Waals surface area contributed by atoms with Gasteiger partial charge in [-0.1, -0.05) is 0 Å². The Bertz CT molecular complexity index is 586. The molecule has 0 aliphatic carbocycles. The molecule has 6 heteroatoms. The summed E-state index contributed by atoms with van der Waals surface area (Å²) < 4.78 is 11.8. The molecule has 2 rings (SSSR count). The van der Waals surface area contributed by atoms with Gasteiger partial charge in [-0.15, -0.1) is 0 Å². The first kappa shape index (κ1) is 13.9. The number of esters is 1. The first-order valence-corrected chi connectivity index (χ1v) is 6.20. The fraction of sp³-hybridized carbons (Fsp3) is 0.286. The van der Waals surface area contributed by atoms with Crippen LogP contribution in [0.4, 0.5) is 0 Å². The number of hydrogen-bond donors (Lipinski definition) is 1.